The average Bonchev–Trinajstić information content (AvgIpc) is 2.65. The van der Waals surface area contributed by atoms with Gasteiger partial charge in [0.25, 0.3) is 1.43 Å². The van der Waals surface area contributed by atoms with E-state index in [0.717, 1.165) is 12.8 Å². The number of aliphatic hydroxyl groups is 1. The summed E-state index contributed by atoms with van der Waals surface area (Å²) < 4.78 is 13.3. The molecule has 0 amide bonds. The van der Waals surface area contributed by atoms with Crippen molar-refractivity contribution in [2.24, 2.45) is 0 Å². The predicted molar refractivity (Wildman–Crippen MR) is 62.6 cm³/mol. The first-order chi connectivity index (χ1) is 9.04. The summed E-state index contributed by atoms with van der Waals surface area (Å²) in [6.07, 6.45) is 2.51. The van der Waals surface area contributed by atoms with Gasteiger partial charge < -0.3 is 20.1 Å². The number of aromatic hydroxyl groups is 2. The Labute approximate surface area is 106 Å². The highest BCUT2D eigenvalue weighted by molar-refractivity contribution is 5.70. The number of esters is 1. The van der Waals surface area contributed by atoms with Crippen molar-refractivity contribution in [1.82, 2.24) is 4.57 Å². The van der Waals surface area contributed by atoms with Gasteiger partial charge in [0.15, 0.2) is 11.6 Å². The molecule has 0 spiro atoms. The molecule has 1 aliphatic carbocycles. The van der Waals surface area contributed by atoms with Crippen molar-refractivity contribution in [3.8, 4) is 17.5 Å². The molecule has 100 valence electrons. The van der Waals surface area contributed by atoms with Gasteiger partial charge in [-0.15, -0.1) is 0 Å². The second kappa shape index (κ2) is 4.89. The number of aromatic nitrogens is 1. The molecule has 0 radical (unpaired) electrons. The van der Waals surface area contributed by atoms with E-state index in [1.165, 1.54) is 17.6 Å². The van der Waals surface area contributed by atoms with Crippen molar-refractivity contribution in [2.75, 3.05) is 0 Å². The van der Waals surface area contributed by atoms with Gasteiger partial charge in [-0.1, -0.05) is 12.8 Å². The minimum Gasteiger partial charge on any atom is -0.494 e. The summed E-state index contributed by atoms with van der Waals surface area (Å²) in [6.45, 7) is 1.22. The number of rotatable bonds is 3. The molecule has 0 unspecified atom stereocenters. The summed E-state index contributed by atoms with van der Waals surface area (Å²) >= 11 is 0. The third-order valence-electron chi connectivity index (χ3n) is 3.22. The van der Waals surface area contributed by atoms with E-state index in [0.29, 0.717) is 12.8 Å². The van der Waals surface area contributed by atoms with Crippen LogP contribution in [-0.4, -0.2) is 33.4 Å². The molecule has 2 rings (SSSR count). The van der Waals surface area contributed by atoms with Gasteiger partial charge in [-0.05, 0) is 12.8 Å². The minimum absolute atomic E-state index is 0.0160. The molecule has 1 aromatic heterocycles. The van der Waals surface area contributed by atoms with Crippen molar-refractivity contribution in [3.63, 3.8) is 0 Å². The maximum atomic E-state index is 11.0. The summed E-state index contributed by atoms with van der Waals surface area (Å²) in [5, 5.41) is 24.4. The summed E-state index contributed by atoms with van der Waals surface area (Å²) in [6, 6.07) is 0.838. The third kappa shape index (κ3) is 2.28. The van der Waals surface area contributed by atoms with Crippen LogP contribution in [0.15, 0.2) is 6.07 Å². The lowest BCUT2D eigenvalue weighted by Crippen LogP contribution is -2.27. The van der Waals surface area contributed by atoms with E-state index < -0.39 is 12.1 Å². The summed E-state index contributed by atoms with van der Waals surface area (Å²) in [5.74, 6) is -0.847. The molecule has 18 heavy (non-hydrogen) atoms. The van der Waals surface area contributed by atoms with E-state index in [1.807, 2.05) is 0 Å². The molecule has 0 bridgehead atoms. The van der Waals surface area contributed by atoms with Gasteiger partial charge in [0.1, 0.15) is 0 Å². The Morgan fingerprint density at radius 2 is 2.28 bits per heavy atom. The predicted octanol–water partition coefficient (Wildman–Crippen LogP) is 1.30. The number of aliphatic hydroxyl groups excluding tert-OH is 1. The fraction of sp³-hybridized carbons (Fsp3) is 0.583. The first-order valence-corrected chi connectivity index (χ1v) is 5.98. The van der Waals surface area contributed by atoms with Gasteiger partial charge in [0.2, 0.25) is 5.88 Å². The van der Waals surface area contributed by atoms with E-state index in [1.54, 1.807) is 0 Å². The highest BCUT2D eigenvalue weighted by Gasteiger charge is 2.30. The van der Waals surface area contributed by atoms with Crippen molar-refractivity contribution in [3.05, 3.63) is 6.07 Å². The summed E-state index contributed by atoms with van der Waals surface area (Å²) in [4.78, 5) is 11.0. The molecule has 1 saturated carbocycles. The number of ether oxygens (including phenoxy) is 1. The van der Waals surface area contributed by atoms with Gasteiger partial charge in [-0.25, -0.2) is 0 Å². The Kier molecular flexibility index (Phi) is 3.10. The molecular formula is C12H17NO5. The lowest BCUT2D eigenvalue weighted by atomic mass is 9.92. The van der Waals surface area contributed by atoms with E-state index in [-0.39, 0.29) is 23.6 Å². The lowest BCUT2D eigenvalue weighted by molar-refractivity contribution is -0.132. The maximum Gasteiger partial charge on any atom is 0.308 e. The topological polar surface area (TPSA) is 91.9 Å². The second-order valence-corrected chi connectivity index (χ2v) is 4.55. The average molecular weight is 256 g/mol. The quantitative estimate of drug-likeness (QED) is 0.709. The van der Waals surface area contributed by atoms with Crippen LogP contribution < -0.4 is 4.74 Å². The molecule has 1 heterocycles. The van der Waals surface area contributed by atoms with Crippen molar-refractivity contribution in [2.45, 2.75) is 44.8 Å². The molecule has 3 N–H and O–H groups in total. The summed E-state index contributed by atoms with van der Waals surface area (Å²) in [5.41, 5.74) is 0. The standard InChI is InChI=1S/C12H17NO5/c1-7(14)18-10-6-11(16)13(12(10)17)8-4-2-3-5-9(8)15/h6,8-9,15-17H,2-5H2,1H3/t8-,9-/m1/s1/i/hD. The van der Waals surface area contributed by atoms with E-state index in [4.69, 9.17) is 6.17 Å². The van der Waals surface area contributed by atoms with Gasteiger partial charge in [-0.2, -0.15) is 0 Å². The Morgan fingerprint density at radius 1 is 1.56 bits per heavy atom. The molecular weight excluding hydrogens is 238 g/mol. The highest BCUT2D eigenvalue weighted by Crippen LogP contribution is 2.41. The Morgan fingerprint density at radius 3 is 2.89 bits per heavy atom. The van der Waals surface area contributed by atoms with Crippen molar-refractivity contribution in [1.29, 1.82) is 1.43 Å². The minimum atomic E-state index is -0.619. The molecule has 1 aliphatic rings. The first kappa shape index (κ1) is 11.4. The van der Waals surface area contributed by atoms with Crippen LogP contribution >= 0.6 is 0 Å². The number of nitrogens with zero attached hydrogens (tertiary/aromatic N) is 1. The van der Waals surface area contributed by atoms with Crippen LogP contribution in [0.5, 0.6) is 17.5 Å². The zero-order chi connectivity index (χ0) is 14.0. The normalized spacial score (nSPS) is 24.4. The van der Waals surface area contributed by atoms with Crippen LogP contribution in [0, 0.1) is 0 Å². The second-order valence-electron chi connectivity index (χ2n) is 4.55. The molecule has 0 aliphatic heterocycles. The smallest absolute Gasteiger partial charge is 0.308 e. The third-order valence-corrected chi connectivity index (χ3v) is 3.22. The Balaban J connectivity index is 2.38. The lowest BCUT2D eigenvalue weighted by Gasteiger charge is -2.29. The molecule has 1 aromatic rings. The Hall–Kier alpha value is -1.69. The number of carbonyl (C=O) groups is 1. The summed E-state index contributed by atoms with van der Waals surface area (Å²) in [7, 11) is 0. The Bertz CT molecular complexity index is 473. The van der Waals surface area contributed by atoms with E-state index in [2.05, 4.69) is 5.11 Å². The van der Waals surface area contributed by atoms with Gasteiger partial charge in [-0.3, -0.25) is 9.36 Å². The van der Waals surface area contributed by atoms with E-state index >= 15 is 0 Å². The number of carbonyl (C=O) groups excluding carboxylic acids is 1. The molecule has 1 fully saturated rings. The molecule has 6 nitrogen and oxygen atoms in total. The van der Waals surface area contributed by atoms with E-state index in [9.17, 15) is 15.0 Å². The van der Waals surface area contributed by atoms with Crippen LogP contribution in [0.4, 0.5) is 0 Å². The fourth-order valence-electron chi connectivity index (χ4n) is 2.41. The van der Waals surface area contributed by atoms with Crippen LogP contribution in [0.3, 0.4) is 0 Å². The SMILES string of the molecule is [2H]Oc1c(OC(C)=O)cc(O)n1[C@@H]1CCCC[C@H]1O. The van der Waals surface area contributed by atoms with Crippen LogP contribution in [0.2, 0.25) is 0 Å². The molecule has 0 aromatic carbocycles. The number of hydrogen-bond donors (Lipinski definition) is 3. The monoisotopic (exact) mass is 256 g/mol. The fourth-order valence-corrected chi connectivity index (χ4v) is 2.41. The zero-order valence-corrected chi connectivity index (χ0v) is 10.1. The highest BCUT2D eigenvalue weighted by atomic mass is 16.5. The molecule has 0 saturated heterocycles. The zero-order valence-electron chi connectivity index (χ0n) is 11.1. The van der Waals surface area contributed by atoms with Gasteiger partial charge in [0.05, 0.1) is 12.1 Å². The van der Waals surface area contributed by atoms with Crippen molar-refractivity contribution < 1.29 is 24.9 Å². The maximum absolute atomic E-state index is 11.0. The molecule has 6 heteroatoms. The van der Waals surface area contributed by atoms with Crippen LogP contribution in [0.25, 0.3) is 0 Å². The first-order valence-electron chi connectivity index (χ1n) is 6.39. The number of hydrogen-bond acceptors (Lipinski definition) is 5. The van der Waals surface area contributed by atoms with Gasteiger partial charge >= 0.3 is 5.97 Å². The van der Waals surface area contributed by atoms with Gasteiger partial charge in [0, 0.05) is 13.0 Å². The van der Waals surface area contributed by atoms with Crippen LogP contribution in [0.1, 0.15) is 38.6 Å². The molecule has 2 atom stereocenters. The largest absolute Gasteiger partial charge is 0.494 e. The van der Waals surface area contributed by atoms with Crippen molar-refractivity contribution >= 4 is 5.97 Å². The van der Waals surface area contributed by atoms with Crippen LogP contribution in [-0.2, 0) is 4.79 Å².